The predicted octanol–water partition coefficient (Wildman–Crippen LogP) is 3.89. The molecule has 14 heteroatoms. The maximum Gasteiger partial charge on any atom is 0.305 e. The monoisotopic (exact) mass is 582 g/mol. The van der Waals surface area contributed by atoms with Crippen LogP contribution < -0.4 is 20.4 Å². The van der Waals surface area contributed by atoms with E-state index in [1.54, 1.807) is 13.0 Å². The van der Waals surface area contributed by atoms with E-state index >= 15 is 0 Å². The molecule has 38 heavy (non-hydrogen) atoms. The van der Waals surface area contributed by atoms with E-state index < -0.39 is 34.3 Å². The van der Waals surface area contributed by atoms with E-state index in [-0.39, 0.29) is 21.4 Å². The van der Waals surface area contributed by atoms with Crippen LogP contribution in [0.1, 0.15) is 40.3 Å². The zero-order valence-corrected chi connectivity index (χ0v) is 22.1. The van der Waals surface area contributed by atoms with E-state index in [4.69, 9.17) is 32.4 Å². The molecule has 1 aliphatic rings. The molecule has 0 fully saturated rings. The van der Waals surface area contributed by atoms with Crippen LogP contribution in [0.2, 0.25) is 10.0 Å². The Kier molecular flexibility index (Phi) is 8.24. The average Bonchev–Trinajstić information content (AvgIpc) is 3.23. The van der Waals surface area contributed by atoms with Crippen molar-refractivity contribution in [3.8, 4) is 5.75 Å². The summed E-state index contributed by atoms with van der Waals surface area (Å²) < 4.78 is 49.2. The Morgan fingerprint density at radius 1 is 1.11 bits per heavy atom. The highest BCUT2D eigenvalue weighted by Crippen LogP contribution is 2.30. The number of hydrazine groups is 1. The molecule has 0 unspecified atom stereocenters. The van der Waals surface area contributed by atoms with E-state index in [1.807, 2.05) is 0 Å². The number of fused-ring (bicyclic) bond motifs is 1. The van der Waals surface area contributed by atoms with E-state index in [9.17, 15) is 22.4 Å². The van der Waals surface area contributed by atoms with Gasteiger partial charge in [0.1, 0.15) is 17.3 Å². The Bertz CT molecular complexity index is 1520. The highest BCUT2D eigenvalue weighted by Gasteiger charge is 2.28. The number of nitrogens with zero attached hydrogens (tertiary/aromatic N) is 1. The highest BCUT2D eigenvalue weighted by molar-refractivity contribution is 7.89. The summed E-state index contributed by atoms with van der Waals surface area (Å²) in [5.74, 6) is -1.30. The number of ether oxygens (including phenoxy) is 1. The van der Waals surface area contributed by atoms with Crippen LogP contribution in [0.4, 0.5) is 4.39 Å². The van der Waals surface area contributed by atoms with Crippen molar-refractivity contribution in [1.29, 1.82) is 0 Å². The maximum atomic E-state index is 13.1. The summed E-state index contributed by atoms with van der Waals surface area (Å²) >= 11 is 11.8. The van der Waals surface area contributed by atoms with Crippen LogP contribution in [0.3, 0.4) is 0 Å². The number of furan rings is 1. The highest BCUT2D eigenvalue weighted by atomic mass is 35.5. The van der Waals surface area contributed by atoms with Gasteiger partial charge in [-0.05, 0) is 62.2 Å². The molecule has 1 aromatic heterocycles. The summed E-state index contributed by atoms with van der Waals surface area (Å²) in [5, 5.41) is 4.69. The van der Waals surface area contributed by atoms with Crippen LogP contribution >= 0.6 is 23.2 Å². The first-order chi connectivity index (χ1) is 18.0. The second kappa shape index (κ2) is 11.4. The topological polar surface area (TPSA) is 139 Å². The third-order valence-corrected chi connectivity index (χ3v) is 7.28. The zero-order valence-electron chi connectivity index (χ0n) is 19.8. The van der Waals surface area contributed by atoms with Crippen molar-refractivity contribution >= 4 is 50.8 Å². The standard InChI is InChI=1S/C24H21Cl2FN4O6S/c1-13-22-18(28-31-38(34,35)16-8-6-15(27)7-9-16)3-2-4-20(22)37-23(13)24(33)30-29-21(32)12-36-19-10-5-14(25)11-17(19)26/h5-11,31H,2-4,12H2,1H3,(H,29,32)(H,30,33)/b28-18+. The van der Waals surface area contributed by atoms with Crippen molar-refractivity contribution < 1.29 is 31.6 Å². The van der Waals surface area contributed by atoms with Crippen LogP contribution in [0.15, 0.2) is 56.9 Å². The normalized spacial score (nSPS) is 14.1. The number of carbonyl (C=O) groups is 2. The summed E-state index contributed by atoms with van der Waals surface area (Å²) in [4.78, 5) is 26.8. The number of benzene rings is 2. The molecule has 3 N–H and O–H groups in total. The molecule has 0 radical (unpaired) electrons. The van der Waals surface area contributed by atoms with Crippen LogP contribution in [0.25, 0.3) is 0 Å². The number of aryl methyl sites for hydroxylation is 1. The molecule has 0 aliphatic heterocycles. The second-order valence-electron chi connectivity index (χ2n) is 8.18. The van der Waals surface area contributed by atoms with Crippen molar-refractivity contribution in [2.75, 3.05) is 6.61 Å². The summed E-state index contributed by atoms with van der Waals surface area (Å²) in [5.41, 5.74) is 5.80. The lowest BCUT2D eigenvalue weighted by Gasteiger charge is -2.14. The zero-order chi connectivity index (χ0) is 27.4. The van der Waals surface area contributed by atoms with Gasteiger partial charge in [-0.3, -0.25) is 20.4 Å². The minimum Gasteiger partial charge on any atom is -0.482 e. The van der Waals surface area contributed by atoms with Crippen molar-refractivity contribution in [1.82, 2.24) is 15.7 Å². The molecule has 3 aromatic rings. The van der Waals surface area contributed by atoms with Gasteiger partial charge in [-0.15, -0.1) is 0 Å². The fourth-order valence-electron chi connectivity index (χ4n) is 3.73. The van der Waals surface area contributed by atoms with E-state index in [0.29, 0.717) is 46.9 Å². The van der Waals surface area contributed by atoms with E-state index in [2.05, 4.69) is 20.8 Å². The third kappa shape index (κ3) is 6.26. The minimum absolute atomic E-state index is 0.0621. The van der Waals surface area contributed by atoms with E-state index in [1.165, 1.54) is 12.1 Å². The number of carbonyl (C=O) groups excluding carboxylic acids is 2. The molecular formula is C24H21Cl2FN4O6S. The number of nitrogens with one attached hydrogen (secondary N) is 3. The number of hydrogen-bond acceptors (Lipinski definition) is 7. The lowest BCUT2D eigenvalue weighted by atomic mass is 9.93. The van der Waals surface area contributed by atoms with Gasteiger partial charge in [-0.2, -0.15) is 18.4 Å². The van der Waals surface area contributed by atoms with Crippen molar-refractivity contribution in [2.45, 2.75) is 31.1 Å². The first-order valence-corrected chi connectivity index (χ1v) is 13.4. The smallest absolute Gasteiger partial charge is 0.305 e. The summed E-state index contributed by atoms with van der Waals surface area (Å²) in [6.45, 7) is 1.19. The molecule has 10 nitrogen and oxygen atoms in total. The Morgan fingerprint density at radius 3 is 2.55 bits per heavy atom. The average molecular weight is 583 g/mol. The molecule has 1 heterocycles. The molecule has 0 saturated carbocycles. The lowest BCUT2D eigenvalue weighted by molar-refractivity contribution is -0.123. The van der Waals surface area contributed by atoms with Crippen molar-refractivity contribution in [2.24, 2.45) is 5.10 Å². The molecule has 0 spiro atoms. The number of halogens is 3. The van der Waals surface area contributed by atoms with Crippen LogP contribution in [0, 0.1) is 12.7 Å². The second-order valence-corrected chi connectivity index (χ2v) is 10.7. The van der Waals surface area contributed by atoms with Gasteiger partial charge in [-0.1, -0.05) is 23.2 Å². The number of hydrazone groups is 1. The van der Waals surface area contributed by atoms with Crippen LogP contribution in [-0.2, 0) is 21.2 Å². The third-order valence-electron chi connectivity index (χ3n) is 5.52. The van der Waals surface area contributed by atoms with Gasteiger partial charge in [-0.25, -0.2) is 4.39 Å². The fourth-order valence-corrected chi connectivity index (χ4v) is 5.03. The largest absolute Gasteiger partial charge is 0.482 e. The predicted molar refractivity (Wildman–Crippen MR) is 137 cm³/mol. The SMILES string of the molecule is Cc1c(C(=O)NNC(=O)COc2ccc(Cl)cc2Cl)oc2c1/C(=N/NS(=O)(=O)c1ccc(F)cc1)CCC2. The summed E-state index contributed by atoms with van der Waals surface area (Å²) in [6.07, 6.45) is 1.55. The Balaban J connectivity index is 1.41. The van der Waals surface area contributed by atoms with Gasteiger partial charge in [0, 0.05) is 22.6 Å². The van der Waals surface area contributed by atoms with Gasteiger partial charge in [0.25, 0.3) is 15.9 Å². The van der Waals surface area contributed by atoms with Gasteiger partial charge in [0.2, 0.25) is 0 Å². The first kappa shape index (κ1) is 27.4. The lowest BCUT2D eigenvalue weighted by Crippen LogP contribution is -2.43. The van der Waals surface area contributed by atoms with Crippen molar-refractivity contribution in [3.63, 3.8) is 0 Å². The summed E-state index contributed by atoms with van der Waals surface area (Å²) in [7, 11) is -4.04. The van der Waals surface area contributed by atoms with Gasteiger partial charge >= 0.3 is 5.91 Å². The van der Waals surface area contributed by atoms with Crippen LogP contribution in [0.5, 0.6) is 5.75 Å². The molecule has 1 aliphatic carbocycles. The Labute approximate surface area is 227 Å². The molecule has 2 amide bonds. The molecule has 200 valence electrons. The molecule has 0 bridgehead atoms. The van der Waals surface area contributed by atoms with E-state index in [0.717, 1.165) is 24.3 Å². The molecule has 0 atom stereocenters. The summed E-state index contributed by atoms with van der Waals surface area (Å²) in [6, 6.07) is 8.83. The Morgan fingerprint density at radius 2 is 1.84 bits per heavy atom. The van der Waals surface area contributed by atoms with Crippen molar-refractivity contribution in [3.05, 3.63) is 81.0 Å². The number of hydrogen-bond donors (Lipinski definition) is 3. The van der Waals surface area contributed by atoms with Gasteiger partial charge in [0.15, 0.2) is 12.4 Å². The molecular weight excluding hydrogens is 562 g/mol. The van der Waals surface area contributed by atoms with Crippen LogP contribution in [-0.4, -0.2) is 32.6 Å². The van der Waals surface area contributed by atoms with Gasteiger partial charge in [0.05, 0.1) is 15.6 Å². The number of sulfonamides is 1. The fraction of sp³-hybridized carbons (Fsp3) is 0.208. The number of amides is 2. The first-order valence-electron chi connectivity index (χ1n) is 11.2. The molecule has 4 rings (SSSR count). The molecule has 2 aromatic carbocycles. The van der Waals surface area contributed by atoms with Gasteiger partial charge < -0.3 is 9.15 Å². The minimum atomic E-state index is -4.04. The quantitative estimate of drug-likeness (QED) is 0.361. The maximum absolute atomic E-state index is 13.1. The number of rotatable bonds is 7. The molecule has 0 saturated heterocycles. The Hall–Kier alpha value is -3.61.